The molecule has 1 aliphatic rings. The van der Waals surface area contributed by atoms with Crippen molar-refractivity contribution in [1.29, 1.82) is 0 Å². The molecule has 1 heterocycles. The lowest BCUT2D eigenvalue weighted by Gasteiger charge is -2.22. The fraction of sp³-hybridized carbons (Fsp3) is 0.500. The molecule has 0 spiro atoms. The molecule has 19 heavy (non-hydrogen) atoms. The van der Waals surface area contributed by atoms with Gasteiger partial charge in [-0.3, -0.25) is 4.79 Å². The normalized spacial score (nSPS) is 16.3. The first kappa shape index (κ1) is 13.8. The van der Waals surface area contributed by atoms with Gasteiger partial charge in [0.2, 0.25) is 5.91 Å². The molecule has 0 atom stereocenters. The van der Waals surface area contributed by atoms with Gasteiger partial charge >= 0.3 is 0 Å². The van der Waals surface area contributed by atoms with Crippen LogP contribution in [0.5, 0.6) is 0 Å². The zero-order valence-electron chi connectivity index (χ0n) is 11.1. The number of nitrogens with two attached hydrogens (primary N) is 1. The molecule has 5 nitrogen and oxygen atoms in total. The molecule has 5 heteroatoms. The van der Waals surface area contributed by atoms with Crippen LogP contribution in [0.3, 0.4) is 0 Å². The largest absolute Gasteiger partial charge is 0.399 e. The van der Waals surface area contributed by atoms with Gasteiger partial charge in [0.25, 0.3) is 0 Å². The van der Waals surface area contributed by atoms with E-state index in [9.17, 15) is 4.79 Å². The van der Waals surface area contributed by atoms with E-state index in [0.29, 0.717) is 18.9 Å². The zero-order chi connectivity index (χ0) is 13.7. The number of nitrogens with one attached hydrogen (secondary N) is 1. The number of rotatable bonds is 4. The van der Waals surface area contributed by atoms with Crippen molar-refractivity contribution in [1.82, 2.24) is 0 Å². The van der Waals surface area contributed by atoms with E-state index in [1.54, 1.807) is 6.07 Å². The van der Waals surface area contributed by atoms with Gasteiger partial charge in [-0.15, -0.1) is 0 Å². The van der Waals surface area contributed by atoms with Crippen molar-refractivity contribution < 1.29 is 14.3 Å². The van der Waals surface area contributed by atoms with Crippen molar-refractivity contribution in [3.63, 3.8) is 0 Å². The summed E-state index contributed by atoms with van der Waals surface area (Å²) >= 11 is 0. The Morgan fingerprint density at radius 3 is 2.95 bits per heavy atom. The van der Waals surface area contributed by atoms with Gasteiger partial charge in [0.05, 0.1) is 6.10 Å². The third-order valence-corrected chi connectivity index (χ3v) is 3.15. The molecule has 1 aromatic carbocycles. The van der Waals surface area contributed by atoms with Crippen LogP contribution in [0, 0.1) is 6.92 Å². The Morgan fingerprint density at radius 2 is 2.21 bits per heavy atom. The van der Waals surface area contributed by atoms with Crippen LogP contribution in [-0.2, 0) is 14.3 Å². The second-order valence-corrected chi connectivity index (χ2v) is 4.75. The summed E-state index contributed by atoms with van der Waals surface area (Å²) in [6, 6.07) is 5.44. The summed E-state index contributed by atoms with van der Waals surface area (Å²) in [6.45, 7) is 3.41. The molecular weight excluding hydrogens is 244 g/mol. The Labute approximate surface area is 113 Å². The van der Waals surface area contributed by atoms with Gasteiger partial charge in [-0.25, -0.2) is 0 Å². The first-order chi connectivity index (χ1) is 9.15. The SMILES string of the molecule is Cc1ccc(N)cc1NC(=O)COC1CCOCC1. The number of amides is 1. The van der Waals surface area contributed by atoms with Crippen molar-refractivity contribution in [2.75, 3.05) is 30.9 Å². The van der Waals surface area contributed by atoms with E-state index in [1.165, 1.54) is 0 Å². The summed E-state index contributed by atoms with van der Waals surface area (Å²) in [5, 5.41) is 2.82. The lowest BCUT2D eigenvalue weighted by atomic mass is 10.1. The Hall–Kier alpha value is -1.59. The third kappa shape index (κ3) is 4.22. The lowest BCUT2D eigenvalue weighted by Crippen LogP contribution is -2.28. The van der Waals surface area contributed by atoms with Gasteiger partial charge < -0.3 is 20.5 Å². The molecule has 0 bridgehead atoms. The molecule has 0 unspecified atom stereocenters. The summed E-state index contributed by atoms with van der Waals surface area (Å²) in [6.07, 6.45) is 1.83. The summed E-state index contributed by atoms with van der Waals surface area (Å²) in [7, 11) is 0. The molecule has 1 fully saturated rings. The number of nitrogen functional groups attached to an aromatic ring is 1. The molecule has 104 valence electrons. The van der Waals surface area contributed by atoms with Gasteiger partial charge in [0.15, 0.2) is 0 Å². The number of carbonyl (C=O) groups excluding carboxylic acids is 1. The van der Waals surface area contributed by atoms with Crippen molar-refractivity contribution in [2.45, 2.75) is 25.9 Å². The van der Waals surface area contributed by atoms with Crippen LogP contribution in [0.1, 0.15) is 18.4 Å². The Kier molecular flexibility index (Phi) is 4.76. The van der Waals surface area contributed by atoms with Gasteiger partial charge in [-0.05, 0) is 37.5 Å². The predicted molar refractivity (Wildman–Crippen MR) is 74.0 cm³/mol. The Balaban J connectivity index is 1.81. The molecule has 2 rings (SSSR count). The van der Waals surface area contributed by atoms with Crippen LogP contribution in [0.15, 0.2) is 18.2 Å². The van der Waals surface area contributed by atoms with Gasteiger partial charge in [0.1, 0.15) is 6.61 Å². The standard InChI is InChI=1S/C14H20N2O3/c1-10-2-3-11(15)8-13(10)16-14(17)9-19-12-4-6-18-7-5-12/h2-3,8,12H,4-7,9,15H2,1H3,(H,16,17). The minimum Gasteiger partial charge on any atom is -0.399 e. The number of hydrogen-bond acceptors (Lipinski definition) is 4. The summed E-state index contributed by atoms with van der Waals surface area (Å²) in [4.78, 5) is 11.8. The molecule has 0 saturated carbocycles. The van der Waals surface area contributed by atoms with Crippen LogP contribution in [0.2, 0.25) is 0 Å². The average Bonchev–Trinajstić information content (AvgIpc) is 2.42. The molecule has 0 aromatic heterocycles. The highest BCUT2D eigenvalue weighted by atomic mass is 16.5. The van der Waals surface area contributed by atoms with E-state index >= 15 is 0 Å². The molecule has 1 aromatic rings. The molecule has 1 saturated heterocycles. The Morgan fingerprint density at radius 1 is 1.47 bits per heavy atom. The first-order valence-electron chi connectivity index (χ1n) is 6.50. The number of hydrogen-bond donors (Lipinski definition) is 2. The maximum absolute atomic E-state index is 11.8. The molecule has 1 amide bonds. The van der Waals surface area contributed by atoms with Crippen LogP contribution >= 0.6 is 0 Å². The number of ether oxygens (including phenoxy) is 2. The number of benzene rings is 1. The van der Waals surface area contributed by atoms with Crippen molar-refractivity contribution in [3.05, 3.63) is 23.8 Å². The van der Waals surface area contributed by atoms with Crippen molar-refractivity contribution in [3.8, 4) is 0 Å². The first-order valence-corrected chi connectivity index (χ1v) is 6.50. The van der Waals surface area contributed by atoms with Crippen LogP contribution in [-0.4, -0.2) is 31.8 Å². The van der Waals surface area contributed by atoms with E-state index in [-0.39, 0.29) is 18.6 Å². The van der Waals surface area contributed by atoms with E-state index in [2.05, 4.69) is 5.32 Å². The maximum atomic E-state index is 11.8. The quantitative estimate of drug-likeness (QED) is 0.812. The van der Waals surface area contributed by atoms with Gasteiger partial charge in [-0.2, -0.15) is 0 Å². The predicted octanol–water partition coefficient (Wildman–Crippen LogP) is 1.71. The molecule has 3 N–H and O–H groups in total. The lowest BCUT2D eigenvalue weighted by molar-refractivity contribution is -0.124. The van der Waals surface area contributed by atoms with E-state index < -0.39 is 0 Å². The molecule has 1 aliphatic heterocycles. The van der Waals surface area contributed by atoms with Crippen LogP contribution in [0.4, 0.5) is 11.4 Å². The zero-order valence-corrected chi connectivity index (χ0v) is 11.1. The summed E-state index contributed by atoms with van der Waals surface area (Å²) in [5.74, 6) is -0.153. The fourth-order valence-corrected chi connectivity index (χ4v) is 2.00. The highest BCUT2D eigenvalue weighted by Crippen LogP contribution is 2.18. The topological polar surface area (TPSA) is 73.6 Å². The average molecular weight is 264 g/mol. The number of anilines is 2. The molecule has 0 radical (unpaired) electrons. The maximum Gasteiger partial charge on any atom is 0.250 e. The third-order valence-electron chi connectivity index (χ3n) is 3.15. The minimum absolute atomic E-state index is 0.0684. The van der Waals surface area contributed by atoms with Crippen LogP contribution in [0.25, 0.3) is 0 Å². The summed E-state index contributed by atoms with van der Waals surface area (Å²) < 4.78 is 10.8. The highest BCUT2D eigenvalue weighted by Gasteiger charge is 2.15. The van der Waals surface area contributed by atoms with E-state index in [4.69, 9.17) is 15.2 Å². The second kappa shape index (κ2) is 6.54. The monoisotopic (exact) mass is 264 g/mol. The smallest absolute Gasteiger partial charge is 0.250 e. The molecule has 0 aliphatic carbocycles. The van der Waals surface area contributed by atoms with Gasteiger partial charge in [0, 0.05) is 24.6 Å². The van der Waals surface area contributed by atoms with Gasteiger partial charge in [-0.1, -0.05) is 6.07 Å². The molecular formula is C14H20N2O3. The van der Waals surface area contributed by atoms with Crippen molar-refractivity contribution in [2.24, 2.45) is 0 Å². The number of carbonyl (C=O) groups is 1. The van der Waals surface area contributed by atoms with Crippen molar-refractivity contribution >= 4 is 17.3 Å². The van der Waals surface area contributed by atoms with E-state index in [0.717, 1.165) is 24.1 Å². The van der Waals surface area contributed by atoms with Crippen LogP contribution < -0.4 is 11.1 Å². The fourth-order valence-electron chi connectivity index (χ4n) is 2.00. The Bertz CT molecular complexity index is 442. The highest BCUT2D eigenvalue weighted by molar-refractivity contribution is 5.92. The minimum atomic E-state index is -0.153. The van der Waals surface area contributed by atoms with E-state index in [1.807, 2.05) is 19.1 Å². The summed E-state index contributed by atoms with van der Waals surface area (Å²) in [5.41, 5.74) is 8.05. The second-order valence-electron chi connectivity index (χ2n) is 4.75. The number of aryl methyl sites for hydroxylation is 1.